The monoisotopic (exact) mass is 361 g/mol. The lowest BCUT2D eigenvalue weighted by molar-refractivity contribution is 0.0952. The Bertz CT molecular complexity index is 1000. The summed E-state index contributed by atoms with van der Waals surface area (Å²) in [4.78, 5) is 12.3. The first-order chi connectivity index (χ1) is 13.0. The van der Waals surface area contributed by atoms with Crippen LogP contribution < -0.4 is 10.2 Å². The molecule has 5 nitrogen and oxygen atoms in total. The van der Waals surface area contributed by atoms with Crippen LogP contribution in [-0.4, -0.2) is 23.8 Å². The summed E-state index contributed by atoms with van der Waals surface area (Å²) in [7, 11) is 1.54. The minimum Gasteiger partial charge on any atom is -0.496 e. The van der Waals surface area contributed by atoms with E-state index in [0.29, 0.717) is 11.3 Å². The van der Waals surface area contributed by atoms with Crippen molar-refractivity contribution < 1.29 is 9.53 Å². The quantitative estimate of drug-likeness (QED) is 0.548. The number of para-hydroxylation sites is 2. The number of hydrazone groups is 1. The van der Waals surface area contributed by atoms with E-state index in [2.05, 4.69) is 47.1 Å². The first-order valence-electron chi connectivity index (χ1n) is 8.74. The first kappa shape index (κ1) is 18.5. The molecule has 0 aliphatic rings. The van der Waals surface area contributed by atoms with E-state index in [4.69, 9.17) is 4.74 Å². The number of hydrogen-bond donors (Lipinski definition) is 1. The highest BCUT2D eigenvalue weighted by molar-refractivity contribution is 5.97. The largest absolute Gasteiger partial charge is 0.496 e. The number of carbonyl (C=O) groups excluding carboxylic acids is 1. The number of nitrogens with zero attached hydrogens (tertiary/aromatic N) is 2. The highest BCUT2D eigenvalue weighted by atomic mass is 16.5. The predicted molar refractivity (Wildman–Crippen MR) is 108 cm³/mol. The summed E-state index contributed by atoms with van der Waals surface area (Å²) in [5, 5.41) is 4.13. The molecule has 5 heteroatoms. The van der Waals surface area contributed by atoms with Gasteiger partial charge in [-0.1, -0.05) is 30.3 Å². The SMILES string of the molecule is COc1ccccc1C(=O)N/N=C\c1cc(C)n(-c2ccccc2C)c1C. The van der Waals surface area contributed by atoms with E-state index in [9.17, 15) is 4.79 Å². The summed E-state index contributed by atoms with van der Waals surface area (Å²) >= 11 is 0. The van der Waals surface area contributed by atoms with E-state index in [1.54, 1.807) is 24.4 Å². The lowest BCUT2D eigenvalue weighted by Gasteiger charge is -2.12. The van der Waals surface area contributed by atoms with Crippen molar-refractivity contribution in [3.63, 3.8) is 0 Å². The van der Waals surface area contributed by atoms with Gasteiger partial charge in [0, 0.05) is 22.6 Å². The zero-order valence-electron chi connectivity index (χ0n) is 16.0. The lowest BCUT2D eigenvalue weighted by Crippen LogP contribution is -2.18. The molecular weight excluding hydrogens is 338 g/mol. The van der Waals surface area contributed by atoms with Gasteiger partial charge in [-0.3, -0.25) is 4.79 Å². The van der Waals surface area contributed by atoms with Crippen molar-refractivity contribution in [3.05, 3.63) is 82.7 Å². The van der Waals surface area contributed by atoms with Crippen molar-refractivity contribution in [2.24, 2.45) is 5.10 Å². The Balaban J connectivity index is 1.82. The van der Waals surface area contributed by atoms with Crippen LogP contribution in [0.25, 0.3) is 5.69 Å². The van der Waals surface area contributed by atoms with Crippen molar-refractivity contribution in [2.45, 2.75) is 20.8 Å². The number of rotatable bonds is 5. The molecule has 0 aliphatic heterocycles. The van der Waals surface area contributed by atoms with Crippen LogP contribution in [0.3, 0.4) is 0 Å². The Kier molecular flexibility index (Phi) is 5.41. The molecule has 1 aromatic heterocycles. The predicted octanol–water partition coefficient (Wildman–Crippen LogP) is 4.18. The molecule has 1 heterocycles. The Morgan fingerprint density at radius 1 is 1.07 bits per heavy atom. The van der Waals surface area contributed by atoms with Gasteiger partial charge in [-0.15, -0.1) is 0 Å². The molecule has 0 bridgehead atoms. The molecule has 0 radical (unpaired) electrons. The molecule has 1 N–H and O–H groups in total. The fourth-order valence-corrected chi connectivity index (χ4v) is 3.16. The van der Waals surface area contributed by atoms with Crippen molar-refractivity contribution in [1.29, 1.82) is 0 Å². The molecule has 1 amide bonds. The molecule has 0 unspecified atom stereocenters. The van der Waals surface area contributed by atoms with Crippen LogP contribution in [0, 0.1) is 20.8 Å². The smallest absolute Gasteiger partial charge is 0.275 e. The van der Waals surface area contributed by atoms with Crippen molar-refractivity contribution in [1.82, 2.24) is 9.99 Å². The number of benzene rings is 2. The van der Waals surface area contributed by atoms with Crippen LogP contribution in [0.4, 0.5) is 0 Å². The third kappa shape index (κ3) is 3.77. The molecule has 27 heavy (non-hydrogen) atoms. The molecule has 3 rings (SSSR count). The van der Waals surface area contributed by atoms with Gasteiger partial charge in [-0.05, 0) is 50.6 Å². The molecular formula is C22H23N3O2. The van der Waals surface area contributed by atoms with Crippen molar-refractivity contribution in [2.75, 3.05) is 7.11 Å². The zero-order chi connectivity index (χ0) is 19.4. The van der Waals surface area contributed by atoms with Crippen LogP contribution in [-0.2, 0) is 0 Å². The second kappa shape index (κ2) is 7.91. The number of ether oxygens (including phenoxy) is 1. The standard InChI is InChI=1S/C22H23N3O2/c1-15-9-5-7-11-20(15)25-16(2)13-18(17(25)3)14-23-24-22(26)19-10-6-8-12-21(19)27-4/h5-14H,1-4H3,(H,24,26)/b23-14-. The molecule has 138 valence electrons. The van der Waals surface area contributed by atoms with Gasteiger partial charge in [0.2, 0.25) is 0 Å². The van der Waals surface area contributed by atoms with E-state index >= 15 is 0 Å². The number of carbonyl (C=O) groups is 1. The van der Waals surface area contributed by atoms with E-state index in [-0.39, 0.29) is 5.91 Å². The fraction of sp³-hybridized carbons (Fsp3) is 0.182. The summed E-state index contributed by atoms with van der Waals surface area (Å²) in [6.45, 7) is 6.20. The third-order valence-corrected chi connectivity index (χ3v) is 4.55. The molecule has 3 aromatic rings. The molecule has 0 spiro atoms. The van der Waals surface area contributed by atoms with E-state index < -0.39 is 0 Å². The second-order valence-corrected chi connectivity index (χ2v) is 6.35. The number of methoxy groups -OCH3 is 1. The second-order valence-electron chi connectivity index (χ2n) is 6.35. The minimum atomic E-state index is -0.309. The van der Waals surface area contributed by atoms with Crippen LogP contribution >= 0.6 is 0 Å². The maximum atomic E-state index is 12.3. The van der Waals surface area contributed by atoms with Gasteiger partial charge in [-0.25, -0.2) is 5.43 Å². The van der Waals surface area contributed by atoms with Gasteiger partial charge in [0.25, 0.3) is 5.91 Å². The highest BCUT2D eigenvalue weighted by Gasteiger charge is 2.12. The molecule has 0 aliphatic carbocycles. The van der Waals surface area contributed by atoms with Gasteiger partial charge >= 0.3 is 0 Å². The number of nitrogens with one attached hydrogen (secondary N) is 1. The summed E-state index contributed by atoms with van der Waals surface area (Å²) in [6.07, 6.45) is 1.67. The van der Waals surface area contributed by atoms with Crippen LogP contribution in [0.2, 0.25) is 0 Å². The highest BCUT2D eigenvalue weighted by Crippen LogP contribution is 2.22. The molecule has 0 saturated carbocycles. The number of hydrogen-bond acceptors (Lipinski definition) is 3. The average molecular weight is 361 g/mol. The maximum Gasteiger partial charge on any atom is 0.275 e. The van der Waals surface area contributed by atoms with E-state index in [1.165, 1.54) is 12.7 Å². The Morgan fingerprint density at radius 2 is 1.78 bits per heavy atom. The van der Waals surface area contributed by atoms with Crippen molar-refractivity contribution in [3.8, 4) is 11.4 Å². The number of aryl methyl sites for hydroxylation is 2. The van der Waals surface area contributed by atoms with Crippen LogP contribution in [0.5, 0.6) is 5.75 Å². The molecule has 0 atom stereocenters. The minimum absolute atomic E-state index is 0.309. The topological polar surface area (TPSA) is 55.6 Å². The van der Waals surface area contributed by atoms with Crippen molar-refractivity contribution >= 4 is 12.1 Å². The summed E-state index contributed by atoms with van der Waals surface area (Å²) in [5.74, 6) is 0.208. The first-order valence-corrected chi connectivity index (χ1v) is 8.74. The van der Waals surface area contributed by atoms with Gasteiger partial charge < -0.3 is 9.30 Å². The fourth-order valence-electron chi connectivity index (χ4n) is 3.16. The normalized spacial score (nSPS) is 11.0. The lowest BCUT2D eigenvalue weighted by atomic mass is 10.2. The van der Waals surface area contributed by atoms with Gasteiger partial charge in [-0.2, -0.15) is 5.10 Å². The average Bonchev–Trinajstić information content (AvgIpc) is 2.95. The van der Waals surface area contributed by atoms with E-state index in [0.717, 1.165) is 22.6 Å². The number of aromatic nitrogens is 1. The van der Waals surface area contributed by atoms with Crippen LogP contribution in [0.15, 0.2) is 59.7 Å². The molecule has 0 saturated heterocycles. The van der Waals surface area contributed by atoms with Gasteiger partial charge in [0.1, 0.15) is 5.75 Å². The summed E-state index contributed by atoms with van der Waals surface area (Å²) in [6, 6.07) is 17.4. The summed E-state index contributed by atoms with van der Waals surface area (Å²) in [5.41, 5.74) is 8.49. The molecule has 0 fully saturated rings. The van der Waals surface area contributed by atoms with Gasteiger partial charge in [0.05, 0.1) is 18.9 Å². The third-order valence-electron chi connectivity index (χ3n) is 4.55. The Morgan fingerprint density at radius 3 is 2.52 bits per heavy atom. The number of amides is 1. The summed E-state index contributed by atoms with van der Waals surface area (Å²) < 4.78 is 7.41. The zero-order valence-corrected chi connectivity index (χ0v) is 16.0. The van der Waals surface area contributed by atoms with Crippen LogP contribution in [0.1, 0.15) is 32.9 Å². The molecule has 2 aromatic carbocycles. The van der Waals surface area contributed by atoms with Gasteiger partial charge in [0.15, 0.2) is 0 Å². The Hall–Kier alpha value is -3.34. The maximum absolute atomic E-state index is 12.3. The van der Waals surface area contributed by atoms with E-state index in [1.807, 2.05) is 25.1 Å². The Labute approximate surface area is 159 Å².